The van der Waals surface area contributed by atoms with Gasteiger partial charge in [0, 0.05) is 11.4 Å². The van der Waals surface area contributed by atoms with Gasteiger partial charge in [-0.1, -0.05) is 13.8 Å². The van der Waals surface area contributed by atoms with Crippen molar-refractivity contribution in [3.8, 4) is 0 Å². The van der Waals surface area contributed by atoms with Crippen LogP contribution in [0.4, 0.5) is 4.79 Å². The van der Waals surface area contributed by atoms with E-state index in [-0.39, 0.29) is 18.0 Å². The molecule has 21 heavy (non-hydrogen) atoms. The maximum absolute atomic E-state index is 12.3. The van der Waals surface area contributed by atoms with E-state index in [1.54, 1.807) is 11.3 Å². The molecule has 0 spiro atoms. The topological polar surface area (TPSA) is 52.7 Å². The number of nitrogens with one attached hydrogen (secondary N) is 1. The van der Waals surface area contributed by atoms with E-state index in [1.807, 2.05) is 37.9 Å². The largest absolute Gasteiger partial charge is 0.326 e. The number of imide groups is 1. The van der Waals surface area contributed by atoms with Gasteiger partial charge in [-0.15, -0.1) is 11.3 Å². The Morgan fingerprint density at radius 3 is 2.71 bits per heavy atom. The van der Waals surface area contributed by atoms with Crippen molar-refractivity contribution in [1.82, 2.24) is 15.1 Å². The lowest BCUT2D eigenvalue weighted by molar-refractivity contribution is -0.129. The predicted molar refractivity (Wildman–Crippen MR) is 87.0 cm³/mol. The maximum Gasteiger partial charge on any atom is 0.325 e. The van der Waals surface area contributed by atoms with Gasteiger partial charge in [0.1, 0.15) is 6.04 Å². The van der Waals surface area contributed by atoms with Crippen molar-refractivity contribution in [2.24, 2.45) is 5.92 Å². The van der Waals surface area contributed by atoms with Gasteiger partial charge in [-0.2, -0.15) is 0 Å². The molecule has 5 nitrogen and oxygen atoms in total. The molecule has 0 aliphatic carbocycles. The molecular weight excluding hydrogens is 354 g/mol. The van der Waals surface area contributed by atoms with Gasteiger partial charge in [0.2, 0.25) is 0 Å². The number of amides is 3. The van der Waals surface area contributed by atoms with Crippen molar-refractivity contribution in [1.29, 1.82) is 0 Å². The minimum Gasteiger partial charge on any atom is -0.326 e. The lowest BCUT2D eigenvalue weighted by Crippen LogP contribution is -2.40. The fourth-order valence-corrected chi connectivity index (χ4v) is 3.90. The van der Waals surface area contributed by atoms with Crippen LogP contribution in [0.3, 0.4) is 0 Å². The molecular formula is C14H20BrN3O2S. The highest BCUT2D eigenvalue weighted by molar-refractivity contribution is 9.11. The number of nitrogens with zero attached hydrogens (tertiary/aromatic N) is 2. The summed E-state index contributed by atoms with van der Waals surface area (Å²) in [5.74, 6) is 0.258. The molecule has 1 N–H and O–H groups in total. The van der Waals surface area contributed by atoms with Crippen LogP contribution < -0.4 is 5.32 Å². The molecule has 0 radical (unpaired) electrons. The number of carbonyl (C=O) groups is 2. The number of rotatable bonds is 6. The number of carbonyl (C=O) groups excluding carboxylic acids is 2. The van der Waals surface area contributed by atoms with Crippen LogP contribution in [-0.2, 0) is 11.3 Å². The summed E-state index contributed by atoms with van der Waals surface area (Å²) in [4.78, 5) is 28.6. The van der Waals surface area contributed by atoms with Crippen molar-refractivity contribution in [3.63, 3.8) is 0 Å². The number of halogens is 1. The Morgan fingerprint density at radius 2 is 2.14 bits per heavy atom. The zero-order valence-electron chi connectivity index (χ0n) is 12.4. The molecule has 1 fully saturated rings. The molecule has 2 heterocycles. The zero-order valence-corrected chi connectivity index (χ0v) is 14.8. The highest BCUT2D eigenvalue weighted by Gasteiger charge is 2.38. The van der Waals surface area contributed by atoms with Gasteiger partial charge in [-0.3, -0.25) is 9.69 Å². The first kappa shape index (κ1) is 16.5. The third-order valence-corrected chi connectivity index (χ3v) is 4.86. The normalized spacial score (nSPS) is 19.0. The van der Waals surface area contributed by atoms with E-state index in [1.165, 1.54) is 9.78 Å². The van der Waals surface area contributed by atoms with Crippen LogP contribution in [0, 0.1) is 5.92 Å². The molecule has 2 rings (SSSR count). The van der Waals surface area contributed by atoms with Crippen molar-refractivity contribution in [3.05, 3.63) is 20.8 Å². The Kier molecular flexibility index (Phi) is 5.40. The molecule has 1 aromatic rings. The summed E-state index contributed by atoms with van der Waals surface area (Å²) >= 11 is 5.09. The zero-order chi connectivity index (χ0) is 15.6. The summed E-state index contributed by atoms with van der Waals surface area (Å²) in [6, 6.07) is 3.38. The molecule has 1 aliphatic heterocycles. The van der Waals surface area contributed by atoms with Crippen LogP contribution in [0.2, 0.25) is 0 Å². The molecule has 1 aliphatic rings. The van der Waals surface area contributed by atoms with Crippen molar-refractivity contribution >= 4 is 39.2 Å². The van der Waals surface area contributed by atoms with Gasteiger partial charge in [0.25, 0.3) is 5.91 Å². The van der Waals surface area contributed by atoms with E-state index < -0.39 is 0 Å². The van der Waals surface area contributed by atoms with E-state index in [0.29, 0.717) is 25.6 Å². The lowest BCUT2D eigenvalue weighted by Gasteiger charge is -2.21. The van der Waals surface area contributed by atoms with Crippen LogP contribution in [0.15, 0.2) is 15.9 Å². The summed E-state index contributed by atoms with van der Waals surface area (Å²) in [6.45, 7) is 5.11. The van der Waals surface area contributed by atoms with Crippen molar-refractivity contribution in [2.75, 3.05) is 13.7 Å². The number of thiophene rings is 1. The highest BCUT2D eigenvalue weighted by Crippen LogP contribution is 2.23. The number of urea groups is 1. The van der Waals surface area contributed by atoms with Gasteiger partial charge in [0.15, 0.2) is 0 Å². The molecule has 3 amide bonds. The van der Waals surface area contributed by atoms with E-state index in [2.05, 4.69) is 21.2 Å². The van der Waals surface area contributed by atoms with Crippen LogP contribution in [-0.4, -0.2) is 41.5 Å². The lowest BCUT2D eigenvalue weighted by atomic mass is 10.0. The van der Waals surface area contributed by atoms with Gasteiger partial charge >= 0.3 is 6.03 Å². The highest BCUT2D eigenvalue weighted by atomic mass is 79.9. The van der Waals surface area contributed by atoms with Crippen LogP contribution >= 0.6 is 27.3 Å². The third kappa shape index (κ3) is 4.28. The molecule has 1 unspecified atom stereocenters. The Labute approximate surface area is 137 Å². The Morgan fingerprint density at radius 1 is 1.43 bits per heavy atom. The quantitative estimate of drug-likeness (QED) is 0.779. The standard InChI is InChI=1S/C14H20BrN3O2S/c1-9(2)6-11-13(19)18(14(20)16-11)8-17(3)7-10-4-5-12(15)21-10/h4-5,9,11H,6-8H2,1-3H3,(H,16,20). The minimum absolute atomic E-state index is 0.118. The first-order valence-corrected chi connectivity index (χ1v) is 8.52. The fraction of sp³-hybridized carbons (Fsp3) is 0.571. The Hall–Kier alpha value is -0.920. The van der Waals surface area contributed by atoms with E-state index in [4.69, 9.17) is 0 Å². The molecule has 1 aromatic heterocycles. The number of hydrogen-bond donors (Lipinski definition) is 1. The average Bonchev–Trinajstić information content (AvgIpc) is 2.88. The Bertz CT molecular complexity index is 532. The van der Waals surface area contributed by atoms with Gasteiger partial charge < -0.3 is 5.32 Å². The predicted octanol–water partition coefficient (Wildman–Crippen LogP) is 2.87. The first-order chi connectivity index (χ1) is 9.86. The molecule has 116 valence electrons. The van der Waals surface area contributed by atoms with Crippen molar-refractivity contribution in [2.45, 2.75) is 32.9 Å². The second kappa shape index (κ2) is 6.89. The summed E-state index contributed by atoms with van der Waals surface area (Å²) in [5.41, 5.74) is 0. The monoisotopic (exact) mass is 373 g/mol. The van der Waals surface area contributed by atoms with Crippen LogP contribution in [0.1, 0.15) is 25.1 Å². The van der Waals surface area contributed by atoms with Crippen molar-refractivity contribution < 1.29 is 9.59 Å². The first-order valence-electron chi connectivity index (χ1n) is 6.91. The number of hydrogen-bond acceptors (Lipinski definition) is 4. The maximum atomic E-state index is 12.3. The van der Waals surface area contributed by atoms with Crippen LogP contribution in [0.25, 0.3) is 0 Å². The molecule has 1 atom stereocenters. The molecule has 7 heteroatoms. The molecule has 0 aromatic carbocycles. The third-order valence-electron chi connectivity index (χ3n) is 3.25. The second-order valence-corrected chi connectivity index (χ2v) is 8.31. The summed E-state index contributed by atoms with van der Waals surface area (Å²) in [7, 11) is 1.91. The minimum atomic E-state index is -0.373. The summed E-state index contributed by atoms with van der Waals surface area (Å²) in [5, 5.41) is 2.76. The summed E-state index contributed by atoms with van der Waals surface area (Å²) < 4.78 is 1.08. The van der Waals surface area contributed by atoms with Gasteiger partial charge in [-0.25, -0.2) is 9.69 Å². The van der Waals surface area contributed by atoms with Crippen LogP contribution in [0.5, 0.6) is 0 Å². The van der Waals surface area contributed by atoms with Gasteiger partial charge in [0.05, 0.1) is 10.5 Å². The van der Waals surface area contributed by atoms with Gasteiger partial charge in [-0.05, 0) is 47.4 Å². The second-order valence-electron chi connectivity index (χ2n) is 5.76. The molecule has 0 bridgehead atoms. The SMILES string of the molecule is CC(C)CC1NC(=O)N(CN(C)Cc2ccc(Br)s2)C1=O. The smallest absolute Gasteiger partial charge is 0.325 e. The molecule has 0 saturated carbocycles. The summed E-state index contributed by atoms with van der Waals surface area (Å²) in [6.07, 6.45) is 0.683. The average molecular weight is 374 g/mol. The van der Waals surface area contributed by atoms with E-state index in [9.17, 15) is 9.59 Å². The fourth-order valence-electron chi connectivity index (χ4n) is 2.34. The van der Waals surface area contributed by atoms with E-state index in [0.717, 1.165) is 3.79 Å². The Balaban J connectivity index is 1.92. The van der Waals surface area contributed by atoms with E-state index >= 15 is 0 Å². The molecule has 1 saturated heterocycles.